The first-order valence-electron chi connectivity index (χ1n) is 4.04. The smallest absolute Gasteiger partial charge is 0.268 e. The van der Waals surface area contributed by atoms with Crippen molar-refractivity contribution in [3.05, 3.63) is 21.6 Å². The average Bonchev–Trinajstić information content (AvgIpc) is 2.47. The van der Waals surface area contributed by atoms with Crippen LogP contribution in [0.4, 0.5) is 0 Å². The van der Waals surface area contributed by atoms with Gasteiger partial charge in [0.2, 0.25) is 0 Å². The van der Waals surface area contributed by atoms with E-state index in [-0.39, 0.29) is 17.1 Å². The molecule has 1 aromatic heterocycles. The van der Waals surface area contributed by atoms with Gasteiger partial charge < -0.3 is 0 Å². The largest absolute Gasteiger partial charge is 0.288 e. The van der Waals surface area contributed by atoms with E-state index in [1.54, 1.807) is 4.68 Å². The molecule has 0 aliphatic carbocycles. The number of H-pyrrole nitrogens is 1. The van der Waals surface area contributed by atoms with Crippen LogP contribution < -0.4 is 5.56 Å². The van der Waals surface area contributed by atoms with E-state index < -0.39 is 9.84 Å². The Morgan fingerprint density at radius 1 is 1.46 bits per heavy atom. The Balaban J connectivity index is 2.65. The van der Waals surface area contributed by atoms with E-state index in [1.807, 2.05) is 6.92 Å². The number of nitrogens with zero attached hydrogens (tertiary/aromatic N) is 1. The molecule has 5 nitrogen and oxygen atoms in total. The third-order valence-electron chi connectivity index (χ3n) is 2.22. The third kappa shape index (κ3) is 1.21. The van der Waals surface area contributed by atoms with E-state index in [1.165, 1.54) is 0 Å². The topological polar surface area (TPSA) is 71.9 Å². The molecule has 0 spiro atoms. The van der Waals surface area contributed by atoms with Gasteiger partial charge in [0.05, 0.1) is 22.8 Å². The molecule has 1 N–H and O–H groups in total. The van der Waals surface area contributed by atoms with Gasteiger partial charge in [0.25, 0.3) is 5.56 Å². The Bertz CT molecular complexity index is 494. The summed E-state index contributed by atoms with van der Waals surface area (Å²) in [7, 11) is -3.06. The summed E-state index contributed by atoms with van der Waals surface area (Å²) in [6, 6.07) is 0. The zero-order valence-electron chi connectivity index (χ0n) is 7.20. The molecule has 0 atom stereocenters. The third-order valence-corrected chi connectivity index (χ3v) is 3.66. The van der Waals surface area contributed by atoms with Gasteiger partial charge in [-0.3, -0.25) is 14.6 Å². The second kappa shape index (κ2) is 2.47. The standard InChI is InChI=1S/C7H10N2O3S/c1-2-9-6-4-13(11,12)3-5(6)7(10)8-9/h2-4H2,1H3,(H,8,10). The van der Waals surface area contributed by atoms with E-state index in [2.05, 4.69) is 5.10 Å². The normalized spacial score (nSPS) is 18.8. The molecule has 1 aliphatic heterocycles. The SMILES string of the molecule is CCn1[nH]c(=O)c2c1CS(=O)(=O)C2. The molecule has 0 fully saturated rings. The Morgan fingerprint density at radius 3 is 2.77 bits per heavy atom. The number of aromatic nitrogens is 2. The van der Waals surface area contributed by atoms with Gasteiger partial charge in [-0.25, -0.2) is 8.42 Å². The zero-order valence-corrected chi connectivity index (χ0v) is 8.02. The maximum atomic E-state index is 11.2. The minimum Gasteiger partial charge on any atom is -0.288 e. The van der Waals surface area contributed by atoms with E-state index in [0.29, 0.717) is 17.8 Å². The molecular formula is C7H10N2O3S. The number of aryl methyl sites for hydroxylation is 1. The van der Waals surface area contributed by atoms with Crippen LogP contribution in [0, 0.1) is 0 Å². The Kier molecular flexibility index (Phi) is 1.63. The van der Waals surface area contributed by atoms with Gasteiger partial charge in [-0.05, 0) is 6.92 Å². The minimum absolute atomic E-state index is 0.00505. The molecule has 0 saturated carbocycles. The van der Waals surface area contributed by atoms with Crippen molar-refractivity contribution in [2.45, 2.75) is 25.0 Å². The van der Waals surface area contributed by atoms with Gasteiger partial charge in [-0.15, -0.1) is 0 Å². The maximum absolute atomic E-state index is 11.2. The fraction of sp³-hybridized carbons (Fsp3) is 0.571. The molecule has 72 valence electrons. The monoisotopic (exact) mass is 202 g/mol. The molecule has 1 aliphatic rings. The number of rotatable bonds is 1. The quantitative estimate of drug-likeness (QED) is 0.675. The molecule has 0 unspecified atom stereocenters. The van der Waals surface area contributed by atoms with Crippen molar-refractivity contribution in [1.29, 1.82) is 0 Å². The first-order valence-corrected chi connectivity index (χ1v) is 5.86. The van der Waals surface area contributed by atoms with Gasteiger partial charge >= 0.3 is 0 Å². The van der Waals surface area contributed by atoms with Crippen LogP contribution in [0.2, 0.25) is 0 Å². The molecule has 0 bridgehead atoms. The van der Waals surface area contributed by atoms with Gasteiger partial charge in [-0.1, -0.05) is 0 Å². The summed E-state index contributed by atoms with van der Waals surface area (Å²) >= 11 is 0. The highest BCUT2D eigenvalue weighted by Crippen LogP contribution is 2.21. The Labute approximate surface area is 75.3 Å². The molecule has 2 heterocycles. The Morgan fingerprint density at radius 2 is 2.15 bits per heavy atom. The summed E-state index contributed by atoms with van der Waals surface area (Å²) in [5, 5.41) is 2.60. The van der Waals surface area contributed by atoms with Crippen LogP contribution in [0.15, 0.2) is 4.79 Å². The molecule has 1 aromatic rings. The number of hydrogen-bond acceptors (Lipinski definition) is 3. The molecule has 6 heteroatoms. The van der Waals surface area contributed by atoms with E-state index in [4.69, 9.17) is 0 Å². The summed E-state index contributed by atoms with van der Waals surface area (Å²) < 4.78 is 24.0. The maximum Gasteiger partial charge on any atom is 0.268 e. The number of sulfone groups is 1. The van der Waals surface area contributed by atoms with E-state index in [9.17, 15) is 13.2 Å². The number of aromatic amines is 1. The molecular weight excluding hydrogens is 192 g/mol. The van der Waals surface area contributed by atoms with Gasteiger partial charge in [0.15, 0.2) is 9.84 Å². The van der Waals surface area contributed by atoms with Crippen LogP contribution in [0.25, 0.3) is 0 Å². The van der Waals surface area contributed by atoms with Crippen molar-refractivity contribution in [1.82, 2.24) is 9.78 Å². The summed E-state index contributed by atoms with van der Waals surface area (Å²) in [5.74, 6) is -0.112. The van der Waals surface area contributed by atoms with E-state index >= 15 is 0 Å². The molecule has 0 aromatic carbocycles. The zero-order chi connectivity index (χ0) is 9.64. The predicted octanol–water partition coefficient (Wildman–Crippen LogP) is -0.375. The summed E-state index contributed by atoms with van der Waals surface area (Å²) in [6.45, 7) is 2.46. The van der Waals surface area contributed by atoms with Crippen LogP contribution in [-0.4, -0.2) is 18.2 Å². The summed E-state index contributed by atoms with van der Waals surface area (Å²) in [5.41, 5.74) is 0.785. The van der Waals surface area contributed by atoms with Crippen LogP contribution in [0.1, 0.15) is 18.2 Å². The molecule has 0 radical (unpaired) electrons. The number of hydrogen-bond donors (Lipinski definition) is 1. The van der Waals surface area contributed by atoms with Gasteiger partial charge in [0, 0.05) is 6.54 Å². The lowest BCUT2D eigenvalue weighted by Crippen LogP contribution is -2.11. The molecule has 0 saturated heterocycles. The Hall–Kier alpha value is -1.04. The highest BCUT2D eigenvalue weighted by atomic mass is 32.2. The number of fused-ring (bicyclic) bond motifs is 1. The lowest BCUT2D eigenvalue weighted by Gasteiger charge is -1.99. The number of nitrogens with one attached hydrogen (secondary N) is 1. The van der Waals surface area contributed by atoms with E-state index in [0.717, 1.165) is 0 Å². The lowest BCUT2D eigenvalue weighted by atomic mass is 10.3. The lowest BCUT2D eigenvalue weighted by molar-refractivity contribution is 0.590. The summed E-state index contributed by atoms with van der Waals surface area (Å²) in [6.07, 6.45) is 0. The van der Waals surface area contributed by atoms with Crippen molar-refractivity contribution >= 4 is 9.84 Å². The van der Waals surface area contributed by atoms with Crippen LogP contribution in [0.5, 0.6) is 0 Å². The van der Waals surface area contributed by atoms with Crippen LogP contribution >= 0.6 is 0 Å². The molecule has 0 amide bonds. The minimum atomic E-state index is -3.06. The van der Waals surface area contributed by atoms with Crippen LogP contribution in [0.3, 0.4) is 0 Å². The highest BCUT2D eigenvalue weighted by molar-refractivity contribution is 7.90. The van der Waals surface area contributed by atoms with Crippen molar-refractivity contribution in [2.75, 3.05) is 0 Å². The fourth-order valence-corrected chi connectivity index (χ4v) is 3.20. The average molecular weight is 202 g/mol. The fourth-order valence-electron chi connectivity index (χ4n) is 1.61. The predicted molar refractivity (Wildman–Crippen MR) is 47.1 cm³/mol. The van der Waals surface area contributed by atoms with Crippen LogP contribution in [-0.2, 0) is 27.9 Å². The van der Waals surface area contributed by atoms with Crippen molar-refractivity contribution in [2.24, 2.45) is 0 Å². The molecule has 13 heavy (non-hydrogen) atoms. The first kappa shape index (κ1) is 8.55. The molecule has 2 rings (SSSR count). The van der Waals surface area contributed by atoms with Gasteiger partial charge in [0.1, 0.15) is 0 Å². The van der Waals surface area contributed by atoms with Crippen molar-refractivity contribution in [3.8, 4) is 0 Å². The second-order valence-corrected chi connectivity index (χ2v) is 5.21. The second-order valence-electron chi connectivity index (χ2n) is 3.14. The van der Waals surface area contributed by atoms with Crippen molar-refractivity contribution in [3.63, 3.8) is 0 Å². The first-order chi connectivity index (χ1) is 6.03. The summed E-state index contributed by atoms with van der Waals surface area (Å²) in [4.78, 5) is 11.2. The highest BCUT2D eigenvalue weighted by Gasteiger charge is 2.30. The van der Waals surface area contributed by atoms with Crippen molar-refractivity contribution < 1.29 is 8.42 Å². The van der Waals surface area contributed by atoms with Gasteiger partial charge in [-0.2, -0.15) is 0 Å².